The van der Waals surface area contributed by atoms with E-state index >= 15 is 0 Å². The molecule has 2 amide bonds. The summed E-state index contributed by atoms with van der Waals surface area (Å²) in [6, 6.07) is 17.6. The lowest BCUT2D eigenvalue weighted by atomic mass is 9.99. The average Bonchev–Trinajstić information content (AvgIpc) is 2.63. The van der Waals surface area contributed by atoms with Gasteiger partial charge in [0.05, 0.1) is 0 Å². The molecule has 2 aromatic rings. The van der Waals surface area contributed by atoms with Crippen molar-refractivity contribution in [1.82, 2.24) is 0 Å². The fourth-order valence-electron chi connectivity index (χ4n) is 3.00. The molecule has 1 N–H and O–H groups in total. The Labute approximate surface area is 144 Å². The van der Waals surface area contributed by atoms with Gasteiger partial charge in [0.15, 0.2) is 0 Å². The van der Waals surface area contributed by atoms with Gasteiger partial charge in [-0.15, -0.1) is 0 Å². The molecule has 4 heteroatoms. The molecule has 0 spiro atoms. The van der Waals surface area contributed by atoms with Gasteiger partial charge in [0.1, 0.15) is 0 Å². The van der Waals surface area contributed by atoms with Gasteiger partial charge in [0, 0.05) is 37.2 Å². The maximum absolute atomic E-state index is 12.3. The minimum absolute atomic E-state index is 0.138. The maximum atomic E-state index is 12.3. The van der Waals surface area contributed by atoms with E-state index < -0.39 is 0 Å². The summed E-state index contributed by atoms with van der Waals surface area (Å²) in [5, 5.41) is 2.95. The fraction of sp³-hybridized carbons (Fsp3) is 0.350. The van der Waals surface area contributed by atoms with Crippen molar-refractivity contribution in [2.75, 3.05) is 35.3 Å². The second-order valence-corrected chi connectivity index (χ2v) is 6.54. The molecule has 0 bridgehead atoms. The number of nitrogens with one attached hydrogen (secondary N) is 1. The number of para-hydroxylation sites is 1. The molecular weight excluding hydrogens is 298 g/mol. The first-order valence-electron chi connectivity index (χ1n) is 8.58. The molecule has 0 radical (unpaired) electrons. The number of piperidine rings is 1. The number of amides is 2. The van der Waals surface area contributed by atoms with Crippen LogP contribution in [0.3, 0.4) is 0 Å². The van der Waals surface area contributed by atoms with Crippen LogP contribution in [0.4, 0.5) is 21.9 Å². The van der Waals surface area contributed by atoms with Crippen molar-refractivity contribution in [3.05, 3.63) is 54.6 Å². The Bertz CT molecular complexity index is 661. The summed E-state index contributed by atoms with van der Waals surface area (Å²) in [7, 11) is 1.77. The highest BCUT2D eigenvalue weighted by molar-refractivity contribution is 6.01. The Balaban J connectivity index is 1.61. The van der Waals surface area contributed by atoms with Gasteiger partial charge in [0.2, 0.25) is 0 Å². The van der Waals surface area contributed by atoms with Gasteiger partial charge in [-0.1, -0.05) is 25.1 Å². The Kier molecular flexibility index (Phi) is 5.04. The molecule has 0 unspecified atom stereocenters. The number of hydrogen-bond acceptors (Lipinski definition) is 2. The number of hydrogen-bond donors (Lipinski definition) is 1. The van der Waals surface area contributed by atoms with Gasteiger partial charge < -0.3 is 10.2 Å². The monoisotopic (exact) mass is 323 g/mol. The highest BCUT2D eigenvalue weighted by atomic mass is 16.2. The summed E-state index contributed by atoms with van der Waals surface area (Å²) in [6.45, 7) is 4.55. The minimum atomic E-state index is -0.138. The topological polar surface area (TPSA) is 35.6 Å². The standard InChI is InChI=1S/C20H25N3O/c1-16-12-14-23(15-13-16)19-10-8-17(9-11-19)21-20(24)22(2)18-6-4-3-5-7-18/h3-11,16H,12-15H2,1-2H3,(H,21,24). The largest absolute Gasteiger partial charge is 0.372 e. The summed E-state index contributed by atoms with van der Waals surface area (Å²) in [6.07, 6.45) is 2.50. The SMILES string of the molecule is CC1CCN(c2ccc(NC(=O)N(C)c3ccccc3)cc2)CC1. The molecule has 4 nitrogen and oxygen atoms in total. The zero-order chi connectivity index (χ0) is 16.9. The molecule has 0 saturated carbocycles. The van der Waals surface area contributed by atoms with Crippen molar-refractivity contribution in [2.45, 2.75) is 19.8 Å². The lowest BCUT2D eigenvalue weighted by molar-refractivity contribution is 0.258. The summed E-state index contributed by atoms with van der Waals surface area (Å²) in [5.74, 6) is 0.827. The summed E-state index contributed by atoms with van der Waals surface area (Å²) < 4.78 is 0. The molecule has 1 aliphatic heterocycles. The molecule has 1 saturated heterocycles. The smallest absolute Gasteiger partial charge is 0.326 e. The number of anilines is 3. The lowest BCUT2D eigenvalue weighted by Crippen LogP contribution is -2.33. The normalized spacial score (nSPS) is 15.2. The average molecular weight is 323 g/mol. The predicted molar refractivity (Wildman–Crippen MR) is 101 cm³/mol. The molecule has 1 heterocycles. The van der Waals surface area contributed by atoms with Gasteiger partial charge >= 0.3 is 6.03 Å². The Hall–Kier alpha value is -2.49. The van der Waals surface area contributed by atoms with Crippen LogP contribution >= 0.6 is 0 Å². The van der Waals surface area contributed by atoms with Crippen LogP contribution < -0.4 is 15.1 Å². The van der Waals surface area contributed by atoms with Gasteiger partial charge in [-0.2, -0.15) is 0 Å². The third-order valence-corrected chi connectivity index (χ3v) is 4.72. The molecule has 1 fully saturated rings. The van der Waals surface area contributed by atoms with E-state index in [0.29, 0.717) is 0 Å². The number of benzene rings is 2. The molecule has 24 heavy (non-hydrogen) atoms. The van der Waals surface area contributed by atoms with Crippen LogP contribution in [-0.2, 0) is 0 Å². The highest BCUT2D eigenvalue weighted by Gasteiger charge is 2.16. The van der Waals surface area contributed by atoms with Crippen LogP contribution in [0.1, 0.15) is 19.8 Å². The Morgan fingerprint density at radius 2 is 1.67 bits per heavy atom. The quantitative estimate of drug-likeness (QED) is 0.896. The zero-order valence-electron chi connectivity index (χ0n) is 14.4. The minimum Gasteiger partial charge on any atom is -0.372 e. The summed E-state index contributed by atoms with van der Waals surface area (Å²) in [5.41, 5.74) is 2.92. The molecule has 3 rings (SSSR count). The third-order valence-electron chi connectivity index (χ3n) is 4.72. The van der Waals surface area contributed by atoms with E-state index in [4.69, 9.17) is 0 Å². The number of carbonyl (C=O) groups is 1. The fourth-order valence-corrected chi connectivity index (χ4v) is 3.00. The number of rotatable bonds is 3. The molecule has 126 valence electrons. The first-order chi connectivity index (χ1) is 11.6. The number of carbonyl (C=O) groups excluding carboxylic acids is 1. The Morgan fingerprint density at radius 1 is 1.04 bits per heavy atom. The summed E-state index contributed by atoms with van der Waals surface area (Å²) in [4.78, 5) is 16.4. The van der Waals surface area contributed by atoms with Crippen LogP contribution in [-0.4, -0.2) is 26.2 Å². The van der Waals surface area contributed by atoms with Crippen LogP contribution in [0.2, 0.25) is 0 Å². The molecule has 0 aromatic heterocycles. The van der Waals surface area contributed by atoms with E-state index in [1.807, 2.05) is 42.5 Å². The van der Waals surface area contributed by atoms with Crippen molar-refractivity contribution in [2.24, 2.45) is 5.92 Å². The van der Waals surface area contributed by atoms with Crippen molar-refractivity contribution in [1.29, 1.82) is 0 Å². The van der Waals surface area contributed by atoms with Crippen LogP contribution in [0.15, 0.2) is 54.6 Å². The zero-order valence-corrected chi connectivity index (χ0v) is 14.4. The second-order valence-electron chi connectivity index (χ2n) is 6.54. The van der Waals surface area contributed by atoms with Gasteiger partial charge in [-0.05, 0) is 55.2 Å². The second kappa shape index (κ2) is 7.39. The van der Waals surface area contributed by atoms with Gasteiger partial charge in [-0.25, -0.2) is 4.79 Å². The van der Waals surface area contributed by atoms with Crippen molar-refractivity contribution < 1.29 is 4.79 Å². The van der Waals surface area contributed by atoms with E-state index in [2.05, 4.69) is 29.3 Å². The van der Waals surface area contributed by atoms with Crippen LogP contribution in [0.5, 0.6) is 0 Å². The first kappa shape index (κ1) is 16.4. The third kappa shape index (κ3) is 3.88. The van der Waals surface area contributed by atoms with Crippen molar-refractivity contribution in [3.63, 3.8) is 0 Å². The van der Waals surface area contributed by atoms with Gasteiger partial charge in [-0.3, -0.25) is 4.90 Å². The lowest BCUT2D eigenvalue weighted by Gasteiger charge is -2.32. The van der Waals surface area contributed by atoms with E-state index in [-0.39, 0.29) is 6.03 Å². The number of nitrogens with zero attached hydrogens (tertiary/aromatic N) is 2. The summed E-state index contributed by atoms with van der Waals surface area (Å²) >= 11 is 0. The van der Waals surface area contributed by atoms with E-state index in [1.54, 1.807) is 11.9 Å². The molecule has 2 aromatic carbocycles. The van der Waals surface area contributed by atoms with Crippen molar-refractivity contribution >= 4 is 23.1 Å². The predicted octanol–water partition coefficient (Wildman–Crippen LogP) is 4.59. The highest BCUT2D eigenvalue weighted by Crippen LogP contribution is 2.24. The van der Waals surface area contributed by atoms with Gasteiger partial charge in [0.25, 0.3) is 0 Å². The number of urea groups is 1. The van der Waals surface area contributed by atoms with E-state index in [9.17, 15) is 4.79 Å². The maximum Gasteiger partial charge on any atom is 0.326 e. The molecule has 0 atom stereocenters. The molecule has 1 aliphatic rings. The van der Waals surface area contributed by atoms with E-state index in [1.165, 1.54) is 18.5 Å². The van der Waals surface area contributed by atoms with Crippen LogP contribution in [0, 0.1) is 5.92 Å². The molecular formula is C20H25N3O. The molecule has 0 aliphatic carbocycles. The first-order valence-corrected chi connectivity index (χ1v) is 8.58. The van der Waals surface area contributed by atoms with Crippen molar-refractivity contribution in [3.8, 4) is 0 Å². The van der Waals surface area contributed by atoms with Crippen LogP contribution in [0.25, 0.3) is 0 Å². The van der Waals surface area contributed by atoms with E-state index in [0.717, 1.165) is 30.4 Å². The Morgan fingerprint density at radius 3 is 2.29 bits per heavy atom.